The van der Waals surface area contributed by atoms with E-state index in [9.17, 15) is 22.8 Å². The molecule has 0 radical (unpaired) electrons. The molecule has 7 nitrogen and oxygen atoms in total. The molecule has 0 N–H and O–H groups in total. The molecular formula is C16H19F3N2O5. The van der Waals surface area contributed by atoms with E-state index < -0.39 is 47.0 Å². The highest BCUT2D eigenvalue weighted by Crippen LogP contribution is 2.37. The largest absolute Gasteiger partial charge is 0.484 e. The minimum absolute atomic E-state index is 0.0883. The summed E-state index contributed by atoms with van der Waals surface area (Å²) in [5, 5.41) is 0. The molecule has 0 saturated carbocycles. The number of rotatable bonds is 3. The summed E-state index contributed by atoms with van der Waals surface area (Å²) in [6.45, 7) is 5.31. The fraction of sp³-hybridized carbons (Fsp3) is 0.562. The van der Waals surface area contributed by atoms with Crippen molar-refractivity contribution in [2.45, 2.75) is 38.7 Å². The van der Waals surface area contributed by atoms with Gasteiger partial charge in [-0.25, -0.2) is 14.6 Å². The summed E-state index contributed by atoms with van der Waals surface area (Å²) in [5.41, 5.74) is -2.28. The van der Waals surface area contributed by atoms with Crippen LogP contribution >= 0.6 is 0 Å². The highest BCUT2D eigenvalue weighted by molar-refractivity contribution is 5.87. The minimum Gasteiger partial charge on any atom is -0.484 e. The molecule has 0 bridgehead atoms. The van der Waals surface area contributed by atoms with Crippen LogP contribution in [-0.2, 0) is 15.7 Å². The number of nitrogens with zero attached hydrogens (tertiary/aromatic N) is 2. The van der Waals surface area contributed by atoms with Gasteiger partial charge in [0.2, 0.25) is 0 Å². The molecule has 0 aliphatic carbocycles. The first-order chi connectivity index (χ1) is 11.9. The summed E-state index contributed by atoms with van der Waals surface area (Å²) < 4.78 is 54.5. The maximum absolute atomic E-state index is 13.2. The van der Waals surface area contributed by atoms with Crippen LogP contribution in [0.5, 0.6) is 5.75 Å². The number of halogens is 3. The van der Waals surface area contributed by atoms with E-state index in [-0.39, 0.29) is 13.1 Å². The van der Waals surface area contributed by atoms with Crippen molar-refractivity contribution < 1.29 is 37.0 Å². The third-order valence-corrected chi connectivity index (χ3v) is 3.36. The maximum Gasteiger partial charge on any atom is 0.420 e. The Morgan fingerprint density at radius 1 is 1.23 bits per heavy atom. The third kappa shape index (κ3) is 4.77. The molecule has 0 atom stereocenters. The van der Waals surface area contributed by atoms with Gasteiger partial charge in [0.1, 0.15) is 23.0 Å². The zero-order valence-corrected chi connectivity index (χ0v) is 14.7. The smallest absolute Gasteiger partial charge is 0.420 e. The number of hydrogen-bond acceptors (Lipinski definition) is 6. The Kier molecular flexibility index (Phi) is 5.33. The van der Waals surface area contributed by atoms with Crippen molar-refractivity contribution in [3.8, 4) is 5.75 Å². The number of aromatic nitrogens is 1. The molecule has 10 heteroatoms. The molecular weight excluding hydrogens is 357 g/mol. The first-order valence-electron chi connectivity index (χ1n) is 7.71. The molecule has 1 saturated heterocycles. The average Bonchev–Trinajstić information content (AvgIpc) is 2.46. The molecule has 144 valence electrons. The number of ether oxygens (including phenoxy) is 3. The predicted molar refractivity (Wildman–Crippen MR) is 82.8 cm³/mol. The molecule has 0 aromatic carbocycles. The van der Waals surface area contributed by atoms with Crippen molar-refractivity contribution in [1.29, 1.82) is 0 Å². The van der Waals surface area contributed by atoms with Crippen LogP contribution in [0.25, 0.3) is 0 Å². The summed E-state index contributed by atoms with van der Waals surface area (Å²) >= 11 is 0. The number of alkyl halides is 3. The second kappa shape index (κ2) is 7.00. The lowest BCUT2D eigenvalue weighted by atomic mass is 10.1. The van der Waals surface area contributed by atoms with Gasteiger partial charge in [-0.15, -0.1) is 0 Å². The predicted octanol–water partition coefficient (Wildman–Crippen LogP) is 2.89. The van der Waals surface area contributed by atoms with Crippen LogP contribution in [0, 0.1) is 0 Å². The summed E-state index contributed by atoms with van der Waals surface area (Å²) in [5.74, 6) is -1.50. The van der Waals surface area contributed by atoms with Crippen LogP contribution in [0.1, 0.15) is 36.8 Å². The average molecular weight is 376 g/mol. The Hall–Kier alpha value is -2.52. The van der Waals surface area contributed by atoms with Gasteiger partial charge in [-0.2, -0.15) is 13.2 Å². The number of pyridine rings is 1. The lowest BCUT2D eigenvalue weighted by Gasteiger charge is -2.39. The summed E-state index contributed by atoms with van der Waals surface area (Å²) in [6, 6.07) is 0.575. The number of amides is 1. The van der Waals surface area contributed by atoms with Crippen molar-refractivity contribution in [2.75, 3.05) is 20.2 Å². The van der Waals surface area contributed by atoms with Gasteiger partial charge in [0, 0.05) is 0 Å². The second-order valence-corrected chi connectivity index (χ2v) is 6.68. The molecule has 2 rings (SSSR count). The number of methoxy groups -OCH3 is 1. The number of hydrogen-bond donors (Lipinski definition) is 0. The lowest BCUT2D eigenvalue weighted by molar-refractivity contribution is -0.140. The SMILES string of the molecule is COC(=O)c1cc(C(F)(F)F)c(OC2CN(C(=O)OC(C)(C)C)C2)cn1. The maximum atomic E-state index is 13.2. The Morgan fingerprint density at radius 2 is 1.85 bits per heavy atom. The van der Waals surface area contributed by atoms with Crippen LogP contribution in [-0.4, -0.2) is 53.9 Å². The minimum atomic E-state index is -4.74. The molecule has 1 aromatic heterocycles. The highest BCUT2D eigenvalue weighted by Gasteiger charge is 2.39. The van der Waals surface area contributed by atoms with Crippen molar-refractivity contribution in [3.05, 3.63) is 23.5 Å². The van der Waals surface area contributed by atoms with Crippen molar-refractivity contribution in [2.24, 2.45) is 0 Å². The fourth-order valence-electron chi connectivity index (χ4n) is 2.14. The van der Waals surface area contributed by atoms with E-state index >= 15 is 0 Å². The van der Waals surface area contributed by atoms with Gasteiger partial charge in [-0.3, -0.25) is 0 Å². The normalized spacial score (nSPS) is 15.3. The second-order valence-electron chi connectivity index (χ2n) is 6.68. The van der Waals surface area contributed by atoms with Crippen molar-refractivity contribution in [1.82, 2.24) is 9.88 Å². The zero-order chi connectivity index (χ0) is 19.7. The van der Waals surface area contributed by atoms with Crippen molar-refractivity contribution >= 4 is 12.1 Å². The van der Waals surface area contributed by atoms with Crippen molar-refractivity contribution in [3.63, 3.8) is 0 Å². The highest BCUT2D eigenvalue weighted by atomic mass is 19.4. The Balaban J connectivity index is 2.07. The molecule has 0 spiro atoms. The van der Waals surface area contributed by atoms with Gasteiger partial charge in [0.15, 0.2) is 5.75 Å². The van der Waals surface area contributed by atoms with Crippen LogP contribution in [0.4, 0.5) is 18.0 Å². The molecule has 1 amide bonds. The van der Waals surface area contributed by atoms with E-state index in [2.05, 4.69) is 9.72 Å². The summed E-state index contributed by atoms with van der Waals surface area (Å²) in [7, 11) is 1.04. The van der Waals surface area contributed by atoms with Gasteiger partial charge >= 0.3 is 18.2 Å². The summed E-state index contributed by atoms with van der Waals surface area (Å²) in [4.78, 5) is 28.1. The van der Waals surface area contributed by atoms with E-state index in [1.165, 1.54) is 4.90 Å². The molecule has 0 unspecified atom stereocenters. The monoisotopic (exact) mass is 376 g/mol. The topological polar surface area (TPSA) is 78.0 Å². The lowest BCUT2D eigenvalue weighted by Crippen LogP contribution is -2.57. The molecule has 2 heterocycles. The van der Waals surface area contributed by atoms with E-state index in [0.29, 0.717) is 6.07 Å². The van der Waals surface area contributed by atoms with Crippen LogP contribution in [0.2, 0.25) is 0 Å². The van der Waals surface area contributed by atoms with E-state index in [4.69, 9.17) is 9.47 Å². The molecule has 1 aromatic rings. The molecule has 1 fully saturated rings. The van der Waals surface area contributed by atoms with Gasteiger partial charge < -0.3 is 19.1 Å². The molecule has 1 aliphatic rings. The first-order valence-corrected chi connectivity index (χ1v) is 7.71. The standard InChI is InChI=1S/C16H19F3N2O5/c1-15(2,3)26-14(23)21-7-9(8-21)25-12-6-20-11(13(22)24-4)5-10(12)16(17,18)19/h5-6,9H,7-8H2,1-4H3. The Bertz CT molecular complexity index is 694. The third-order valence-electron chi connectivity index (χ3n) is 3.36. The molecule has 1 aliphatic heterocycles. The fourth-order valence-corrected chi connectivity index (χ4v) is 2.14. The van der Waals surface area contributed by atoms with E-state index in [0.717, 1.165) is 13.3 Å². The van der Waals surface area contributed by atoms with Gasteiger partial charge in [-0.1, -0.05) is 0 Å². The van der Waals surface area contributed by atoms with Crippen LogP contribution in [0.15, 0.2) is 12.3 Å². The number of likely N-dealkylation sites (tertiary alicyclic amines) is 1. The van der Waals surface area contributed by atoms with Crippen LogP contribution < -0.4 is 4.74 Å². The van der Waals surface area contributed by atoms with Crippen LogP contribution in [0.3, 0.4) is 0 Å². The zero-order valence-electron chi connectivity index (χ0n) is 14.7. The van der Waals surface area contributed by atoms with E-state index in [1.807, 2.05) is 0 Å². The number of esters is 1. The number of carbonyl (C=O) groups excluding carboxylic acids is 2. The van der Waals surface area contributed by atoms with Gasteiger partial charge in [0.25, 0.3) is 0 Å². The summed E-state index contributed by atoms with van der Waals surface area (Å²) in [6.07, 6.45) is -5.11. The number of carbonyl (C=O) groups is 2. The first kappa shape index (κ1) is 19.8. The molecule has 26 heavy (non-hydrogen) atoms. The van der Waals surface area contributed by atoms with Gasteiger partial charge in [-0.05, 0) is 26.8 Å². The van der Waals surface area contributed by atoms with Gasteiger partial charge in [0.05, 0.1) is 26.4 Å². The Morgan fingerprint density at radius 3 is 2.35 bits per heavy atom. The Labute approximate surface area is 148 Å². The van der Waals surface area contributed by atoms with E-state index in [1.54, 1.807) is 20.8 Å². The quantitative estimate of drug-likeness (QED) is 0.755.